The summed E-state index contributed by atoms with van der Waals surface area (Å²) in [7, 11) is 1.89. The van der Waals surface area contributed by atoms with E-state index >= 15 is 0 Å². The van der Waals surface area contributed by atoms with Gasteiger partial charge in [-0.25, -0.2) is 0 Å². The van der Waals surface area contributed by atoms with E-state index in [0.29, 0.717) is 0 Å². The summed E-state index contributed by atoms with van der Waals surface area (Å²) < 4.78 is 2.85. The molecule has 0 fully saturated rings. The van der Waals surface area contributed by atoms with Crippen LogP contribution in [0.4, 0.5) is 0 Å². The molecule has 0 amide bonds. The first kappa shape index (κ1) is 14.2. The lowest BCUT2D eigenvalue weighted by Gasteiger charge is -2.18. The van der Waals surface area contributed by atoms with Crippen molar-refractivity contribution in [3.63, 3.8) is 0 Å². The number of aromatic nitrogens is 3. The van der Waals surface area contributed by atoms with Gasteiger partial charge in [0.25, 0.3) is 0 Å². The largest absolute Gasteiger partial charge is 0.310 e. The lowest BCUT2D eigenvalue weighted by atomic mass is 10.0. The van der Waals surface area contributed by atoms with Crippen LogP contribution in [0.2, 0.25) is 0 Å². The molecule has 0 radical (unpaired) electrons. The van der Waals surface area contributed by atoms with E-state index in [1.807, 2.05) is 19.3 Å². The van der Waals surface area contributed by atoms with Gasteiger partial charge in [0.05, 0.1) is 5.69 Å². The van der Waals surface area contributed by atoms with E-state index in [1.165, 1.54) is 5.56 Å². The van der Waals surface area contributed by atoms with Crippen LogP contribution >= 0.6 is 15.9 Å². The molecule has 0 aliphatic rings. The fourth-order valence-electron chi connectivity index (χ4n) is 2.05. The molecule has 102 valence electrons. The molecule has 4 nitrogen and oxygen atoms in total. The Labute approximate surface area is 122 Å². The van der Waals surface area contributed by atoms with Crippen LogP contribution in [0.5, 0.6) is 0 Å². The van der Waals surface area contributed by atoms with Crippen molar-refractivity contribution in [2.45, 2.75) is 25.8 Å². The second-order valence-corrected chi connectivity index (χ2v) is 5.57. The molecule has 0 saturated heterocycles. The highest BCUT2D eigenvalue weighted by Crippen LogP contribution is 2.21. The Morgan fingerprint density at radius 1 is 1.42 bits per heavy atom. The SMILES string of the molecule is CCCNC(Cc1cn(C)nn1)c1cccc(Br)c1. The topological polar surface area (TPSA) is 42.7 Å². The van der Waals surface area contributed by atoms with Gasteiger partial charge in [0.1, 0.15) is 0 Å². The third-order valence-corrected chi connectivity index (χ3v) is 3.45. The molecule has 2 rings (SSSR count). The van der Waals surface area contributed by atoms with Crippen LogP contribution in [0.1, 0.15) is 30.6 Å². The van der Waals surface area contributed by atoms with Gasteiger partial charge in [0.15, 0.2) is 0 Å². The van der Waals surface area contributed by atoms with Gasteiger partial charge in [-0.2, -0.15) is 0 Å². The van der Waals surface area contributed by atoms with Crippen molar-refractivity contribution in [3.8, 4) is 0 Å². The third-order valence-electron chi connectivity index (χ3n) is 2.96. The van der Waals surface area contributed by atoms with Crippen LogP contribution in [-0.4, -0.2) is 21.5 Å². The quantitative estimate of drug-likeness (QED) is 0.889. The number of halogens is 1. The molecule has 0 aliphatic carbocycles. The van der Waals surface area contributed by atoms with E-state index in [4.69, 9.17) is 0 Å². The van der Waals surface area contributed by atoms with Crippen molar-refractivity contribution >= 4 is 15.9 Å². The summed E-state index contributed by atoms with van der Waals surface area (Å²) in [5, 5.41) is 11.7. The predicted octanol–water partition coefficient (Wildman–Crippen LogP) is 2.86. The third kappa shape index (κ3) is 4.14. The number of aryl methyl sites for hydroxylation is 1. The Morgan fingerprint density at radius 2 is 2.26 bits per heavy atom. The van der Waals surface area contributed by atoms with E-state index in [2.05, 4.69) is 56.7 Å². The summed E-state index contributed by atoms with van der Waals surface area (Å²) in [4.78, 5) is 0. The maximum Gasteiger partial charge on any atom is 0.0845 e. The van der Waals surface area contributed by atoms with E-state index < -0.39 is 0 Å². The molecule has 1 N–H and O–H groups in total. The normalized spacial score (nSPS) is 12.6. The number of nitrogens with one attached hydrogen (secondary N) is 1. The zero-order valence-electron chi connectivity index (χ0n) is 11.3. The summed E-state index contributed by atoms with van der Waals surface area (Å²) in [6, 6.07) is 8.69. The smallest absolute Gasteiger partial charge is 0.0845 e. The average molecular weight is 323 g/mol. The molecule has 1 heterocycles. The summed E-state index contributed by atoms with van der Waals surface area (Å²) in [6.45, 7) is 3.17. The second kappa shape index (κ2) is 6.82. The number of hydrogen-bond acceptors (Lipinski definition) is 3. The molecule has 1 aromatic heterocycles. The number of nitrogens with zero attached hydrogens (tertiary/aromatic N) is 3. The van der Waals surface area contributed by atoms with Crippen LogP contribution in [-0.2, 0) is 13.5 Å². The van der Waals surface area contributed by atoms with Crippen molar-refractivity contribution in [1.82, 2.24) is 20.3 Å². The van der Waals surface area contributed by atoms with Crippen molar-refractivity contribution in [2.24, 2.45) is 7.05 Å². The van der Waals surface area contributed by atoms with Crippen LogP contribution in [0, 0.1) is 0 Å². The van der Waals surface area contributed by atoms with Crippen molar-refractivity contribution < 1.29 is 0 Å². The van der Waals surface area contributed by atoms with Gasteiger partial charge in [-0.3, -0.25) is 4.68 Å². The van der Waals surface area contributed by atoms with E-state index in [1.54, 1.807) is 4.68 Å². The molecule has 0 saturated carbocycles. The second-order valence-electron chi connectivity index (χ2n) is 4.65. The standard InChI is InChI=1S/C14H19BrN4/c1-3-7-16-14(9-13-10-19(2)18-17-13)11-5-4-6-12(15)8-11/h4-6,8,10,14,16H,3,7,9H2,1-2H3. The molecule has 2 aromatic rings. The summed E-state index contributed by atoms with van der Waals surface area (Å²) in [5.74, 6) is 0. The Bertz CT molecular complexity index is 524. The van der Waals surface area contributed by atoms with Gasteiger partial charge in [-0.15, -0.1) is 5.10 Å². The molecule has 1 atom stereocenters. The molecule has 5 heteroatoms. The first-order chi connectivity index (χ1) is 9.19. The Kier molecular flexibility index (Phi) is 5.10. The van der Waals surface area contributed by atoms with Crippen molar-refractivity contribution in [3.05, 3.63) is 46.2 Å². The Hall–Kier alpha value is -1.20. The lowest BCUT2D eigenvalue weighted by Crippen LogP contribution is -2.24. The van der Waals surface area contributed by atoms with Gasteiger partial charge in [-0.1, -0.05) is 40.2 Å². The number of hydrogen-bond donors (Lipinski definition) is 1. The van der Waals surface area contributed by atoms with E-state index in [9.17, 15) is 0 Å². The van der Waals surface area contributed by atoms with Gasteiger partial charge in [0.2, 0.25) is 0 Å². The monoisotopic (exact) mass is 322 g/mol. The lowest BCUT2D eigenvalue weighted by molar-refractivity contribution is 0.524. The van der Waals surface area contributed by atoms with E-state index in [-0.39, 0.29) is 6.04 Å². The van der Waals surface area contributed by atoms with Gasteiger partial charge >= 0.3 is 0 Å². The highest BCUT2D eigenvalue weighted by atomic mass is 79.9. The fourth-order valence-corrected chi connectivity index (χ4v) is 2.46. The number of benzene rings is 1. The maximum atomic E-state index is 4.17. The van der Waals surface area contributed by atoms with E-state index in [0.717, 1.165) is 29.6 Å². The minimum absolute atomic E-state index is 0.272. The summed E-state index contributed by atoms with van der Waals surface area (Å²) in [5.41, 5.74) is 2.28. The fraction of sp³-hybridized carbons (Fsp3) is 0.429. The Balaban J connectivity index is 2.15. The first-order valence-corrected chi connectivity index (χ1v) is 7.32. The molecule has 1 aromatic carbocycles. The van der Waals surface area contributed by atoms with Gasteiger partial charge in [-0.05, 0) is 30.7 Å². The molecule has 0 spiro atoms. The Morgan fingerprint density at radius 3 is 2.89 bits per heavy atom. The summed E-state index contributed by atoms with van der Waals surface area (Å²) >= 11 is 3.53. The van der Waals surface area contributed by atoms with Crippen LogP contribution in [0.15, 0.2) is 34.9 Å². The number of rotatable bonds is 6. The van der Waals surface area contributed by atoms with Crippen LogP contribution < -0.4 is 5.32 Å². The molecule has 0 aliphatic heterocycles. The van der Waals surface area contributed by atoms with Gasteiger partial charge in [0, 0.05) is 30.2 Å². The van der Waals surface area contributed by atoms with Crippen molar-refractivity contribution in [2.75, 3.05) is 6.54 Å². The van der Waals surface area contributed by atoms with Crippen molar-refractivity contribution in [1.29, 1.82) is 0 Å². The summed E-state index contributed by atoms with van der Waals surface area (Å²) in [6.07, 6.45) is 3.94. The zero-order chi connectivity index (χ0) is 13.7. The molecular weight excluding hydrogens is 304 g/mol. The van der Waals surface area contributed by atoms with Gasteiger partial charge < -0.3 is 5.32 Å². The average Bonchev–Trinajstić information content (AvgIpc) is 2.80. The minimum Gasteiger partial charge on any atom is -0.310 e. The molecule has 1 unspecified atom stereocenters. The van der Waals surface area contributed by atoms with Crippen LogP contribution in [0.25, 0.3) is 0 Å². The highest BCUT2D eigenvalue weighted by Gasteiger charge is 2.13. The highest BCUT2D eigenvalue weighted by molar-refractivity contribution is 9.10. The maximum absolute atomic E-state index is 4.17. The zero-order valence-corrected chi connectivity index (χ0v) is 12.9. The molecule has 19 heavy (non-hydrogen) atoms. The molecular formula is C14H19BrN4. The first-order valence-electron chi connectivity index (χ1n) is 6.53. The molecule has 0 bridgehead atoms. The predicted molar refractivity (Wildman–Crippen MR) is 79.9 cm³/mol. The van der Waals surface area contributed by atoms with Crippen LogP contribution in [0.3, 0.4) is 0 Å². The minimum atomic E-state index is 0.272.